The Balaban J connectivity index is 1.92. The maximum Gasteiger partial charge on any atom is 0.241 e. The van der Waals surface area contributed by atoms with Gasteiger partial charge in [-0.2, -0.15) is 0 Å². The molecule has 2 aromatic rings. The number of nitrogens with one attached hydrogen (secondary N) is 1. The van der Waals surface area contributed by atoms with Gasteiger partial charge in [0, 0.05) is 11.1 Å². The minimum Gasteiger partial charge on any atom is -0.349 e. The van der Waals surface area contributed by atoms with Crippen molar-refractivity contribution in [3.05, 3.63) is 52.0 Å². The van der Waals surface area contributed by atoms with E-state index in [1.165, 1.54) is 0 Å². The summed E-state index contributed by atoms with van der Waals surface area (Å²) in [4.78, 5) is 17.0. The Morgan fingerprint density at radius 2 is 2.17 bits per heavy atom. The van der Waals surface area contributed by atoms with Gasteiger partial charge in [-0.15, -0.1) is 11.3 Å². The fourth-order valence-electron chi connectivity index (χ4n) is 1.58. The van der Waals surface area contributed by atoms with E-state index in [0.29, 0.717) is 6.54 Å². The van der Waals surface area contributed by atoms with Gasteiger partial charge in [0.2, 0.25) is 5.91 Å². The van der Waals surface area contributed by atoms with Crippen molar-refractivity contribution >= 4 is 17.2 Å². The van der Waals surface area contributed by atoms with Crippen molar-refractivity contribution in [1.29, 1.82) is 0 Å². The first kappa shape index (κ1) is 12.7. The van der Waals surface area contributed by atoms with Crippen molar-refractivity contribution in [2.24, 2.45) is 5.73 Å². The molecule has 18 heavy (non-hydrogen) atoms. The molecular formula is C13H15N3OS. The van der Waals surface area contributed by atoms with Crippen LogP contribution in [-0.2, 0) is 11.3 Å². The zero-order valence-electron chi connectivity index (χ0n) is 10.1. The van der Waals surface area contributed by atoms with E-state index in [1.54, 1.807) is 17.5 Å². The van der Waals surface area contributed by atoms with E-state index in [1.807, 2.05) is 37.3 Å². The third-order valence-electron chi connectivity index (χ3n) is 2.55. The molecular weight excluding hydrogens is 246 g/mol. The monoisotopic (exact) mass is 261 g/mol. The Kier molecular flexibility index (Phi) is 4.07. The topological polar surface area (TPSA) is 68.0 Å². The number of benzene rings is 1. The van der Waals surface area contributed by atoms with E-state index < -0.39 is 6.04 Å². The zero-order chi connectivity index (χ0) is 13.0. The normalized spacial score (nSPS) is 12.1. The molecule has 2 rings (SSSR count). The van der Waals surface area contributed by atoms with Crippen LogP contribution in [0.5, 0.6) is 0 Å². The van der Waals surface area contributed by atoms with Crippen LogP contribution in [0.4, 0.5) is 0 Å². The van der Waals surface area contributed by atoms with Gasteiger partial charge in [-0.05, 0) is 12.5 Å². The predicted molar refractivity (Wildman–Crippen MR) is 72.1 cm³/mol. The molecule has 5 heteroatoms. The van der Waals surface area contributed by atoms with Crippen molar-refractivity contribution in [3.8, 4) is 0 Å². The number of aromatic nitrogens is 1. The quantitative estimate of drug-likeness (QED) is 0.881. The smallest absolute Gasteiger partial charge is 0.241 e. The Labute approximate surface area is 110 Å². The molecule has 1 aromatic heterocycles. The van der Waals surface area contributed by atoms with Crippen molar-refractivity contribution in [2.45, 2.75) is 19.5 Å². The zero-order valence-corrected chi connectivity index (χ0v) is 10.9. The standard InChI is InChI=1S/C13H15N3OS/c1-9-15-7-11(18-9)8-16-13(17)12(14)10-5-3-2-4-6-10/h2-7,12H,8,14H2,1H3,(H,16,17). The molecule has 0 fully saturated rings. The number of nitrogens with zero attached hydrogens (tertiary/aromatic N) is 1. The molecule has 1 heterocycles. The second-order valence-corrected chi connectivity index (χ2v) is 5.27. The predicted octanol–water partition coefficient (Wildman–Crippen LogP) is 1.77. The minimum atomic E-state index is -0.625. The van der Waals surface area contributed by atoms with E-state index in [9.17, 15) is 4.79 Å². The molecule has 3 N–H and O–H groups in total. The van der Waals surface area contributed by atoms with Crippen LogP contribution in [0.2, 0.25) is 0 Å². The molecule has 0 spiro atoms. The largest absolute Gasteiger partial charge is 0.349 e. The summed E-state index contributed by atoms with van der Waals surface area (Å²) in [7, 11) is 0. The average Bonchev–Trinajstić information content (AvgIpc) is 2.82. The highest BCUT2D eigenvalue weighted by Gasteiger charge is 2.14. The van der Waals surface area contributed by atoms with Crippen LogP contribution in [0, 0.1) is 6.92 Å². The number of hydrogen-bond donors (Lipinski definition) is 2. The molecule has 0 radical (unpaired) electrons. The van der Waals surface area contributed by atoms with Crippen LogP contribution in [-0.4, -0.2) is 10.9 Å². The third kappa shape index (κ3) is 3.15. The number of carbonyl (C=O) groups is 1. The summed E-state index contributed by atoms with van der Waals surface area (Å²) in [5.74, 6) is -0.174. The number of nitrogens with two attached hydrogens (primary N) is 1. The Morgan fingerprint density at radius 3 is 2.78 bits per heavy atom. The first-order chi connectivity index (χ1) is 8.66. The Morgan fingerprint density at radius 1 is 1.44 bits per heavy atom. The van der Waals surface area contributed by atoms with Gasteiger partial charge in [-0.3, -0.25) is 4.79 Å². The highest BCUT2D eigenvalue weighted by atomic mass is 32.1. The Bertz CT molecular complexity index is 524. The lowest BCUT2D eigenvalue weighted by atomic mass is 10.1. The summed E-state index contributed by atoms with van der Waals surface area (Å²) in [5, 5.41) is 3.81. The SMILES string of the molecule is Cc1ncc(CNC(=O)C(N)c2ccccc2)s1. The fraction of sp³-hybridized carbons (Fsp3) is 0.231. The molecule has 94 valence electrons. The van der Waals surface area contributed by atoms with Crippen LogP contribution in [0.3, 0.4) is 0 Å². The molecule has 1 amide bonds. The molecule has 1 atom stereocenters. The maximum atomic E-state index is 11.9. The van der Waals surface area contributed by atoms with E-state index in [4.69, 9.17) is 5.73 Å². The molecule has 4 nitrogen and oxygen atoms in total. The van der Waals surface area contributed by atoms with Crippen molar-refractivity contribution in [1.82, 2.24) is 10.3 Å². The minimum absolute atomic E-state index is 0.174. The summed E-state index contributed by atoms with van der Waals surface area (Å²) in [6, 6.07) is 8.71. The highest BCUT2D eigenvalue weighted by Crippen LogP contribution is 2.12. The number of rotatable bonds is 4. The molecule has 0 saturated heterocycles. The van der Waals surface area contributed by atoms with Gasteiger partial charge >= 0.3 is 0 Å². The van der Waals surface area contributed by atoms with Gasteiger partial charge in [0.15, 0.2) is 0 Å². The second-order valence-electron chi connectivity index (χ2n) is 3.95. The summed E-state index contributed by atoms with van der Waals surface area (Å²) < 4.78 is 0. The second kappa shape index (κ2) is 5.75. The number of aryl methyl sites for hydroxylation is 1. The number of hydrogen-bond acceptors (Lipinski definition) is 4. The van der Waals surface area contributed by atoms with Gasteiger partial charge < -0.3 is 11.1 Å². The number of amides is 1. The summed E-state index contributed by atoms with van der Waals surface area (Å²) in [5.41, 5.74) is 6.70. The summed E-state index contributed by atoms with van der Waals surface area (Å²) >= 11 is 1.57. The highest BCUT2D eigenvalue weighted by molar-refractivity contribution is 7.11. The van der Waals surface area contributed by atoms with E-state index in [-0.39, 0.29) is 5.91 Å². The van der Waals surface area contributed by atoms with Crippen LogP contribution >= 0.6 is 11.3 Å². The van der Waals surface area contributed by atoms with Gasteiger partial charge in [-0.25, -0.2) is 4.98 Å². The fourth-order valence-corrected chi connectivity index (χ4v) is 2.32. The van der Waals surface area contributed by atoms with Gasteiger partial charge in [0.05, 0.1) is 11.6 Å². The molecule has 0 aliphatic heterocycles. The summed E-state index contributed by atoms with van der Waals surface area (Å²) in [6.45, 7) is 2.41. The molecule has 0 aliphatic carbocycles. The van der Waals surface area contributed by atoms with Gasteiger partial charge in [0.1, 0.15) is 6.04 Å². The van der Waals surface area contributed by atoms with Gasteiger partial charge in [0.25, 0.3) is 0 Å². The maximum absolute atomic E-state index is 11.9. The van der Waals surface area contributed by atoms with Crippen molar-refractivity contribution < 1.29 is 4.79 Å². The van der Waals surface area contributed by atoms with Crippen molar-refractivity contribution in [3.63, 3.8) is 0 Å². The molecule has 1 aromatic carbocycles. The lowest BCUT2D eigenvalue weighted by Crippen LogP contribution is -2.33. The Hall–Kier alpha value is -1.72. The molecule has 0 bridgehead atoms. The van der Waals surface area contributed by atoms with E-state index in [0.717, 1.165) is 15.4 Å². The molecule has 0 saturated carbocycles. The van der Waals surface area contributed by atoms with Gasteiger partial charge in [-0.1, -0.05) is 30.3 Å². The van der Waals surface area contributed by atoms with Crippen LogP contribution in [0.1, 0.15) is 21.5 Å². The molecule has 1 unspecified atom stereocenters. The van der Waals surface area contributed by atoms with Crippen LogP contribution in [0.15, 0.2) is 36.5 Å². The van der Waals surface area contributed by atoms with E-state index >= 15 is 0 Å². The van der Waals surface area contributed by atoms with Crippen molar-refractivity contribution in [2.75, 3.05) is 0 Å². The third-order valence-corrected chi connectivity index (χ3v) is 3.46. The van der Waals surface area contributed by atoms with E-state index in [2.05, 4.69) is 10.3 Å². The van der Waals surface area contributed by atoms with Crippen LogP contribution in [0.25, 0.3) is 0 Å². The number of thiazole rings is 1. The lowest BCUT2D eigenvalue weighted by Gasteiger charge is -2.11. The van der Waals surface area contributed by atoms with Crippen LogP contribution < -0.4 is 11.1 Å². The first-order valence-electron chi connectivity index (χ1n) is 5.66. The lowest BCUT2D eigenvalue weighted by molar-refractivity contribution is -0.122. The number of carbonyl (C=O) groups excluding carboxylic acids is 1. The first-order valence-corrected chi connectivity index (χ1v) is 6.48. The average molecular weight is 261 g/mol. The molecule has 0 aliphatic rings. The summed E-state index contributed by atoms with van der Waals surface area (Å²) in [6.07, 6.45) is 1.77.